The molecule has 0 radical (unpaired) electrons. The third-order valence-corrected chi connectivity index (χ3v) is 2.20. The van der Waals surface area contributed by atoms with E-state index in [1.165, 1.54) is 20.8 Å². The Hall–Kier alpha value is -2.47. The van der Waals surface area contributed by atoms with E-state index in [9.17, 15) is 14.4 Å². The van der Waals surface area contributed by atoms with Gasteiger partial charge in [-0.3, -0.25) is 14.4 Å². The van der Waals surface area contributed by atoms with Crippen LogP contribution >= 0.6 is 0 Å². The van der Waals surface area contributed by atoms with Crippen LogP contribution in [0.5, 0.6) is 0 Å². The number of esters is 3. The van der Waals surface area contributed by atoms with Crippen molar-refractivity contribution >= 4 is 17.9 Å². The van der Waals surface area contributed by atoms with Crippen molar-refractivity contribution in [3.8, 4) is 23.7 Å². The lowest BCUT2D eigenvalue weighted by molar-refractivity contribution is -0.146. The number of ether oxygens (including phenoxy) is 3. The van der Waals surface area contributed by atoms with Gasteiger partial charge in [0.25, 0.3) is 0 Å². The Morgan fingerprint density at radius 1 is 0.864 bits per heavy atom. The molecule has 6 nitrogen and oxygen atoms in total. The van der Waals surface area contributed by atoms with Gasteiger partial charge in [0.05, 0.1) is 6.61 Å². The summed E-state index contributed by atoms with van der Waals surface area (Å²) in [6.45, 7) is 5.79. The zero-order valence-electron chi connectivity index (χ0n) is 13.2. The highest BCUT2D eigenvalue weighted by molar-refractivity contribution is 5.67. The van der Waals surface area contributed by atoms with Crippen LogP contribution in [-0.4, -0.2) is 36.7 Å². The molecule has 0 N–H and O–H groups in total. The van der Waals surface area contributed by atoms with Crippen LogP contribution in [0.3, 0.4) is 0 Å². The fourth-order valence-corrected chi connectivity index (χ4v) is 1.32. The number of carbonyl (C=O) groups is 3. The summed E-state index contributed by atoms with van der Waals surface area (Å²) in [4.78, 5) is 32.5. The molecule has 0 aromatic rings. The molecular weight excluding hydrogens is 288 g/mol. The second-order valence-electron chi connectivity index (χ2n) is 4.27. The maximum absolute atomic E-state index is 11.0. The molecule has 0 aromatic heterocycles. The lowest BCUT2D eigenvalue weighted by Crippen LogP contribution is -2.17. The van der Waals surface area contributed by atoms with Gasteiger partial charge in [0.2, 0.25) is 0 Å². The third kappa shape index (κ3) is 11.4. The van der Waals surface area contributed by atoms with E-state index in [0.717, 1.165) is 0 Å². The molecule has 0 spiro atoms. The Morgan fingerprint density at radius 3 is 1.82 bits per heavy atom. The lowest BCUT2D eigenvalue weighted by atomic mass is 10.2. The number of rotatable bonds is 6. The zero-order valence-corrected chi connectivity index (χ0v) is 13.2. The molecule has 0 fully saturated rings. The molecule has 0 aromatic carbocycles. The minimum absolute atomic E-state index is 0.0976. The summed E-state index contributed by atoms with van der Waals surface area (Å²) < 4.78 is 14.7. The number of hydrogen-bond donors (Lipinski definition) is 0. The van der Waals surface area contributed by atoms with E-state index in [-0.39, 0.29) is 13.0 Å². The molecule has 0 amide bonds. The van der Waals surface area contributed by atoms with Crippen molar-refractivity contribution in [3.63, 3.8) is 0 Å². The largest absolute Gasteiger partial charge is 0.466 e. The van der Waals surface area contributed by atoms with Crippen LogP contribution in [0.2, 0.25) is 0 Å². The molecule has 0 heterocycles. The summed E-state index contributed by atoms with van der Waals surface area (Å²) in [7, 11) is 0. The van der Waals surface area contributed by atoms with Crippen LogP contribution in [0.4, 0.5) is 0 Å². The monoisotopic (exact) mass is 308 g/mol. The summed E-state index contributed by atoms with van der Waals surface area (Å²) in [5, 5.41) is 0. The van der Waals surface area contributed by atoms with Gasteiger partial charge in [0.1, 0.15) is 0 Å². The van der Waals surface area contributed by atoms with Crippen molar-refractivity contribution in [2.24, 2.45) is 0 Å². The van der Waals surface area contributed by atoms with Crippen LogP contribution in [-0.2, 0) is 28.6 Å². The molecule has 0 aliphatic rings. The summed E-state index contributed by atoms with van der Waals surface area (Å²) >= 11 is 0. The van der Waals surface area contributed by atoms with E-state index >= 15 is 0 Å². The minimum Gasteiger partial charge on any atom is -0.466 e. The lowest BCUT2D eigenvalue weighted by Gasteiger charge is -2.10. The Labute approximate surface area is 130 Å². The molecule has 0 saturated heterocycles. The predicted octanol–water partition coefficient (Wildman–Crippen LogP) is 1.22. The normalized spacial score (nSPS) is 11.6. The average Bonchev–Trinajstić information content (AvgIpc) is 2.40. The zero-order chi connectivity index (χ0) is 17.0. The molecule has 0 saturated carbocycles. The van der Waals surface area contributed by atoms with Crippen molar-refractivity contribution < 1.29 is 28.6 Å². The van der Waals surface area contributed by atoms with Crippen LogP contribution in [0.15, 0.2) is 0 Å². The molecule has 0 aliphatic carbocycles. The first-order valence-electron chi connectivity index (χ1n) is 6.84. The topological polar surface area (TPSA) is 78.9 Å². The van der Waals surface area contributed by atoms with Crippen molar-refractivity contribution in [1.82, 2.24) is 0 Å². The molecule has 0 unspecified atom stereocenters. The Bertz CT molecular complexity index is 514. The number of carbonyl (C=O) groups excluding carboxylic acids is 3. The first kappa shape index (κ1) is 19.5. The van der Waals surface area contributed by atoms with Gasteiger partial charge < -0.3 is 14.2 Å². The highest BCUT2D eigenvalue weighted by Crippen LogP contribution is 1.99. The van der Waals surface area contributed by atoms with Gasteiger partial charge in [-0.25, -0.2) is 0 Å². The van der Waals surface area contributed by atoms with E-state index < -0.39 is 30.1 Å². The first-order valence-corrected chi connectivity index (χ1v) is 6.84. The minimum atomic E-state index is -0.708. The van der Waals surface area contributed by atoms with Gasteiger partial charge >= 0.3 is 17.9 Å². The van der Waals surface area contributed by atoms with E-state index in [1.54, 1.807) is 0 Å². The molecule has 22 heavy (non-hydrogen) atoms. The van der Waals surface area contributed by atoms with Crippen molar-refractivity contribution in [2.45, 2.75) is 52.7 Å². The SMILES string of the molecule is CC[C@@H](C#CC#C[C@H](CCOC(C)=O)OC(C)=O)OC(C)=O. The summed E-state index contributed by atoms with van der Waals surface area (Å²) in [6.07, 6.45) is -0.414. The molecule has 6 heteroatoms. The van der Waals surface area contributed by atoms with Gasteiger partial charge in [0.15, 0.2) is 12.2 Å². The Morgan fingerprint density at radius 2 is 1.36 bits per heavy atom. The predicted molar refractivity (Wildman–Crippen MR) is 78.2 cm³/mol. The van der Waals surface area contributed by atoms with E-state index in [1.807, 2.05) is 6.92 Å². The van der Waals surface area contributed by atoms with Gasteiger partial charge in [-0.2, -0.15) is 0 Å². The first-order chi connectivity index (χ1) is 10.3. The molecule has 0 bridgehead atoms. The van der Waals surface area contributed by atoms with Gasteiger partial charge in [0, 0.05) is 27.2 Å². The van der Waals surface area contributed by atoms with Crippen LogP contribution in [0.25, 0.3) is 0 Å². The fraction of sp³-hybridized carbons (Fsp3) is 0.562. The van der Waals surface area contributed by atoms with Crippen LogP contribution in [0, 0.1) is 23.7 Å². The van der Waals surface area contributed by atoms with Crippen molar-refractivity contribution in [3.05, 3.63) is 0 Å². The smallest absolute Gasteiger partial charge is 0.303 e. The molecular formula is C16H20O6. The van der Waals surface area contributed by atoms with Crippen LogP contribution in [0.1, 0.15) is 40.5 Å². The third-order valence-electron chi connectivity index (χ3n) is 2.20. The molecule has 0 rings (SSSR count). The van der Waals surface area contributed by atoms with Crippen molar-refractivity contribution in [2.75, 3.05) is 6.61 Å². The van der Waals surface area contributed by atoms with Gasteiger partial charge in [-0.1, -0.05) is 6.92 Å². The highest BCUT2D eigenvalue weighted by atomic mass is 16.6. The quantitative estimate of drug-likeness (QED) is 0.417. The summed E-state index contributed by atoms with van der Waals surface area (Å²) in [6, 6.07) is 0. The number of hydrogen-bond acceptors (Lipinski definition) is 6. The maximum Gasteiger partial charge on any atom is 0.303 e. The summed E-state index contributed by atoms with van der Waals surface area (Å²) in [5.41, 5.74) is 0. The van der Waals surface area contributed by atoms with Crippen molar-refractivity contribution in [1.29, 1.82) is 0 Å². The maximum atomic E-state index is 11.0. The van der Waals surface area contributed by atoms with Gasteiger partial charge in [-0.15, -0.1) is 0 Å². The fourth-order valence-electron chi connectivity index (χ4n) is 1.32. The van der Waals surface area contributed by atoms with E-state index in [2.05, 4.69) is 23.7 Å². The van der Waals surface area contributed by atoms with E-state index in [0.29, 0.717) is 6.42 Å². The second kappa shape index (κ2) is 11.2. The second-order valence-corrected chi connectivity index (χ2v) is 4.27. The molecule has 120 valence electrons. The standard InChI is InChI=1S/C16H20O6/c1-5-15(21-13(3)18)8-6-7-9-16(22-14(4)19)10-11-20-12(2)17/h15-16H,5,10-11H2,1-4H3/t15-,16+/m0/s1. The van der Waals surface area contributed by atoms with Gasteiger partial charge in [-0.05, 0) is 30.1 Å². The Balaban J connectivity index is 4.62. The Kier molecular flexibility index (Phi) is 9.96. The van der Waals surface area contributed by atoms with Crippen LogP contribution < -0.4 is 0 Å². The van der Waals surface area contributed by atoms with E-state index in [4.69, 9.17) is 14.2 Å². The average molecular weight is 308 g/mol. The molecule has 0 aliphatic heterocycles. The highest BCUT2D eigenvalue weighted by Gasteiger charge is 2.09. The molecule has 2 atom stereocenters. The summed E-state index contributed by atoms with van der Waals surface area (Å²) in [5.74, 6) is 9.15.